The van der Waals surface area contributed by atoms with E-state index in [9.17, 15) is 14.9 Å². The van der Waals surface area contributed by atoms with Crippen molar-refractivity contribution in [2.75, 3.05) is 19.8 Å². The average Bonchev–Trinajstić information content (AvgIpc) is 3.14. The summed E-state index contributed by atoms with van der Waals surface area (Å²) >= 11 is 0. The lowest BCUT2D eigenvalue weighted by molar-refractivity contribution is -0.928. The van der Waals surface area contributed by atoms with Crippen molar-refractivity contribution in [1.29, 1.82) is 0 Å². The highest BCUT2D eigenvalue weighted by molar-refractivity contribution is 6.13. The van der Waals surface area contributed by atoms with Gasteiger partial charge in [-0.1, -0.05) is 30.3 Å². The molecular weight excluding hydrogens is 434 g/mol. The van der Waals surface area contributed by atoms with Gasteiger partial charge < -0.3 is 30.2 Å². The van der Waals surface area contributed by atoms with E-state index in [0.29, 0.717) is 29.0 Å². The predicted octanol–water partition coefficient (Wildman–Crippen LogP) is 3.27. The molecule has 2 aromatic carbocycles. The van der Waals surface area contributed by atoms with E-state index in [0.717, 1.165) is 21.9 Å². The van der Waals surface area contributed by atoms with Gasteiger partial charge in [0.05, 0.1) is 36.4 Å². The number of aromatic nitrogens is 3. The molecule has 10 nitrogen and oxygen atoms in total. The minimum Gasteiger partial charge on any atom is -0.398 e. The van der Waals surface area contributed by atoms with Crippen LogP contribution in [0, 0.1) is 17.0 Å². The van der Waals surface area contributed by atoms with Crippen LogP contribution in [-0.2, 0) is 13.6 Å². The number of fused-ring (bicyclic) bond motifs is 2. The minimum absolute atomic E-state index is 0.178. The number of nitrogen functional groups attached to an aromatic ring is 1. The van der Waals surface area contributed by atoms with Crippen molar-refractivity contribution >= 4 is 39.2 Å². The van der Waals surface area contributed by atoms with Gasteiger partial charge in [-0.25, -0.2) is 4.98 Å². The number of carbonyl (C=O) groups excluding carboxylic acids is 1. The second-order valence-corrected chi connectivity index (χ2v) is 9.17. The van der Waals surface area contributed by atoms with E-state index in [1.165, 1.54) is 6.33 Å². The number of nitrogens with one attached hydrogen (secondary N) is 1. The van der Waals surface area contributed by atoms with Gasteiger partial charge >= 0.3 is 5.82 Å². The summed E-state index contributed by atoms with van der Waals surface area (Å²) < 4.78 is 1.91. The Morgan fingerprint density at radius 2 is 1.85 bits per heavy atom. The Balaban J connectivity index is 1.67. The second kappa shape index (κ2) is 8.38. The van der Waals surface area contributed by atoms with Crippen molar-refractivity contribution in [1.82, 2.24) is 19.9 Å². The number of anilines is 1. The molecule has 2 heterocycles. The zero-order valence-corrected chi connectivity index (χ0v) is 19.9. The number of hydrogen-bond donors (Lipinski definition) is 2. The molecule has 4 aromatic rings. The molecule has 3 N–H and O–H groups in total. The zero-order chi connectivity index (χ0) is 24.8. The standard InChI is InChI=1S/C24H27N7O3/c1-14-8-6-9-16-20(25)17-10-7-11-18(22(17)28-21(14)16)24(32)27-15(2)31(4,5)12-19-23(30(33)34)26-13-29(19)3/h6-11,13,15H,12H2,1-5H3,(H2-,25,27,28,32)/p+1. The lowest BCUT2D eigenvalue weighted by Crippen LogP contribution is -2.55. The number of hydrogen-bond acceptors (Lipinski definition) is 6. The fourth-order valence-electron chi connectivity index (χ4n) is 4.09. The molecule has 0 saturated carbocycles. The summed E-state index contributed by atoms with van der Waals surface area (Å²) in [5, 5.41) is 16.0. The summed E-state index contributed by atoms with van der Waals surface area (Å²) in [7, 11) is 5.52. The maximum atomic E-state index is 13.4. The summed E-state index contributed by atoms with van der Waals surface area (Å²) in [6.07, 6.45) is 1.06. The van der Waals surface area contributed by atoms with Crippen LogP contribution in [0.5, 0.6) is 0 Å². The molecule has 1 unspecified atom stereocenters. The van der Waals surface area contributed by atoms with E-state index < -0.39 is 4.92 Å². The third kappa shape index (κ3) is 3.92. The van der Waals surface area contributed by atoms with Crippen molar-refractivity contribution in [3.8, 4) is 0 Å². The Kier molecular flexibility index (Phi) is 5.70. The molecule has 1 atom stereocenters. The molecule has 0 bridgehead atoms. The van der Waals surface area contributed by atoms with E-state index >= 15 is 0 Å². The SMILES string of the molecule is Cc1cccc2c(N)c3cccc(C(=O)NC(C)[N+](C)(C)Cc4c([N+](=O)[O-])ncn4C)c3nc12. The first-order chi connectivity index (χ1) is 16.0. The molecule has 0 aliphatic rings. The number of carbonyl (C=O) groups is 1. The van der Waals surface area contributed by atoms with Crippen LogP contribution < -0.4 is 11.1 Å². The predicted molar refractivity (Wildman–Crippen MR) is 131 cm³/mol. The number of benzene rings is 2. The molecule has 0 radical (unpaired) electrons. The highest BCUT2D eigenvalue weighted by atomic mass is 16.6. The Bertz CT molecular complexity index is 1440. The van der Waals surface area contributed by atoms with Gasteiger partial charge in [-0.05, 0) is 28.5 Å². The van der Waals surface area contributed by atoms with Crippen LogP contribution in [0.3, 0.4) is 0 Å². The highest BCUT2D eigenvalue weighted by Crippen LogP contribution is 2.31. The number of para-hydroxylation sites is 2. The summed E-state index contributed by atoms with van der Waals surface area (Å²) in [4.78, 5) is 32.9. The second-order valence-electron chi connectivity index (χ2n) is 9.17. The largest absolute Gasteiger partial charge is 0.398 e. The van der Waals surface area contributed by atoms with Gasteiger partial charge in [0.15, 0.2) is 11.9 Å². The van der Waals surface area contributed by atoms with E-state index in [4.69, 9.17) is 10.7 Å². The molecule has 1 amide bonds. The van der Waals surface area contributed by atoms with E-state index in [2.05, 4.69) is 10.3 Å². The Morgan fingerprint density at radius 1 is 1.21 bits per heavy atom. The topological polar surface area (TPSA) is 129 Å². The van der Waals surface area contributed by atoms with Crippen molar-refractivity contribution in [3.05, 3.63) is 69.7 Å². The highest BCUT2D eigenvalue weighted by Gasteiger charge is 2.32. The molecule has 4 rings (SSSR count). The van der Waals surface area contributed by atoms with Gasteiger partial charge in [0, 0.05) is 24.7 Å². The first-order valence-electron chi connectivity index (χ1n) is 10.9. The number of pyridine rings is 1. The van der Waals surface area contributed by atoms with Crippen molar-refractivity contribution in [3.63, 3.8) is 0 Å². The van der Waals surface area contributed by atoms with Crippen LogP contribution in [0.4, 0.5) is 11.5 Å². The van der Waals surface area contributed by atoms with Crippen LogP contribution in [0.25, 0.3) is 21.8 Å². The number of rotatable bonds is 6. The molecule has 176 valence electrons. The first kappa shape index (κ1) is 23.1. The lowest BCUT2D eigenvalue weighted by atomic mass is 10.0. The average molecular weight is 463 g/mol. The lowest BCUT2D eigenvalue weighted by Gasteiger charge is -2.36. The molecule has 34 heavy (non-hydrogen) atoms. The normalized spacial score (nSPS) is 12.7. The molecule has 2 aromatic heterocycles. The number of quaternary nitrogens is 1. The molecule has 10 heteroatoms. The summed E-state index contributed by atoms with van der Waals surface area (Å²) in [5.74, 6) is -0.466. The van der Waals surface area contributed by atoms with E-state index in [1.54, 1.807) is 23.7 Å². The number of nitro groups is 1. The van der Waals surface area contributed by atoms with Crippen LogP contribution in [-0.4, -0.2) is 50.1 Å². The van der Waals surface area contributed by atoms with Crippen LogP contribution in [0.1, 0.15) is 28.5 Å². The maximum absolute atomic E-state index is 13.4. The molecule has 0 aliphatic heterocycles. The molecule has 0 fully saturated rings. The van der Waals surface area contributed by atoms with Crippen molar-refractivity contribution in [2.24, 2.45) is 7.05 Å². The van der Waals surface area contributed by atoms with Crippen LogP contribution >= 0.6 is 0 Å². The van der Waals surface area contributed by atoms with Crippen LogP contribution in [0.2, 0.25) is 0 Å². The third-order valence-corrected chi connectivity index (χ3v) is 6.48. The van der Waals surface area contributed by atoms with Crippen LogP contribution in [0.15, 0.2) is 42.7 Å². The summed E-state index contributed by atoms with van der Waals surface area (Å²) in [6.45, 7) is 4.13. The molecule has 0 saturated heterocycles. The van der Waals surface area contributed by atoms with Gasteiger partial charge in [0.25, 0.3) is 5.91 Å². The van der Waals surface area contributed by atoms with E-state index in [1.807, 2.05) is 52.2 Å². The molecule has 0 spiro atoms. The quantitative estimate of drug-likeness (QED) is 0.149. The number of aryl methyl sites for hydroxylation is 2. The Hall–Kier alpha value is -4.05. The monoisotopic (exact) mass is 462 g/mol. The third-order valence-electron chi connectivity index (χ3n) is 6.48. The van der Waals surface area contributed by atoms with Gasteiger partial charge in [-0.2, -0.15) is 0 Å². The van der Waals surface area contributed by atoms with Gasteiger partial charge in [0.1, 0.15) is 6.54 Å². The first-order valence-corrected chi connectivity index (χ1v) is 10.9. The summed E-state index contributed by atoms with van der Waals surface area (Å²) in [5.41, 5.74) is 10.2. The van der Waals surface area contributed by atoms with Gasteiger partial charge in [-0.3, -0.25) is 4.79 Å². The number of imidazole rings is 1. The zero-order valence-electron chi connectivity index (χ0n) is 19.9. The number of amides is 1. The Morgan fingerprint density at radius 3 is 2.53 bits per heavy atom. The summed E-state index contributed by atoms with van der Waals surface area (Å²) in [6, 6.07) is 11.2. The maximum Gasteiger partial charge on any atom is 0.390 e. The van der Waals surface area contributed by atoms with Crippen molar-refractivity contribution in [2.45, 2.75) is 26.6 Å². The number of nitrogens with two attached hydrogens (primary N) is 1. The fourth-order valence-corrected chi connectivity index (χ4v) is 4.09. The van der Waals surface area contributed by atoms with E-state index in [-0.39, 0.29) is 22.4 Å². The van der Waals surface area contributed by atoms with Crippen molar-refractivity contribution < 1.29 is 14.2 Å². The molecule has 0 aliphatic carbocycles. The minimum atomic E-state index is -0.489. The fraction of sp³-hybridized carbons (Fsp3) is 0.292. The Labute approximate surface area is 196 Å². The number of nitrogens with zero attached hydrogens (tertiary/aromatic N) is 5. The molecular formula is C24H28N7O3+. The van der Waals surface area contributed by atoms with Gasteiger partial charge in [0.2, 0.25) is 6.33 Å². The van der Waals surface area contributed by atoms with Gasteiger partial charge in [-0.15, -0.1) is 0 Å². The smallest absolute Gasteiger partial charge is 0.390 e.